The Balaban J connectivity index is 3.98. The van der Waals surface area contributed by atoms with E-state index in [4.69, 9.17) is 0 Å². The fraction of sp³-hybridized carbons (Fsp3) is 0.857. The molecule has 0 N–H and O–H groups in total. The van der Waals surface area contributed by atoms with E-state index in [0.717, 1.165) is 0 Å². The third kappa shape index (κ3) is 4.27. The molecule has 16 heavy (non-hydrogen) atoms. The first-order valence-corrected chi connectivity index (χ1v) is 4.01. The number of hydrogen-bond acceptors (Lipinski definition) is 4. The molecule has 0 aromatic heterocycles. The number of alkyl halides is 5. The Morgan fingerprint density at radius 2 is 1.69 bits per heavy atom. The maximum Gasteiger partial charge on any atom is 0.465 e. The normalized spacial score (nSPS) is 12.6. The van der Waals surface area contributed by atoms with Crippen molar-refractivity contribution in [3.63, 3.8) is 0 Å². The molecule has 0 atom stereocenters. The Morgan fingerprint density at radius 3 is 2.12 bits per heavy atom. The summed E-state index contributed by atoms with van der Waals surface area (Å²) in [5, 5.41) is 0. The summed E-state index contributed by atoms with van der Waals surface area (Å²) in [4.78, 5) is 17.5. The lowest BCUT2D eigenvalue weighted by Gasteiger charge is -2.16. The minimum absolute atomic E-state index is 0.182. The van der Waals surface area contributed by atoms with Crippen molar-refractivity contribution in [1.82, 2.24) is 0 Å². The second-order valence-corrected chi connectivity index (χ2v) is 2.61. The van der Waals surface area contributed by atoms with E-state index in [1.165, 1.54) is 7.11 Å². The fourth-order valence-corrected chi connectivity index (χ4v) is 0.525. The molecule has 0 aliphatic heterocycles. The maximum atomic E-state index is 12.2. The van der Waals surface area contributed by atoms with Gasteiger partial charge in [-0.05, 0) is 6.42 Å². The van der Waals surface area contributed by atoms with Crippen molar-refractivity contribution in [1.29, 1.82) is 0 Å². The van der Waals surface area contributed by atoms with Crippen molar-refractivity contribution in [3.05, 3.63) is 0 Å². The van der Waals surface area contributed by atoms with Crippen LogP contribution in [0.3, 0.4) is 0 Å². The highest BCUT2D eigenvalue weighted by atomic mass is 19.4. The highest BCUT2D eigenvalue weighted by molar-refractivity contribution is 5.78. The first-order valence-electron chi connectivity index (χ1n) is 4.01. The third-order valence-electron chi connectivity index (χ3n) is 1.32. The van der Waals surface area contributed by atoms with Crippen molar-refractivity contribution >= 4 is 5.97 Å². The van der Waals surface area contributed by atoms with Crippen LogP contribution in [0.5, 0.6) is 0 Å². The van der Waals surface area contributed by atoms with Crippen LogP contribution in [0.1, 0.15) is 6.42 Å². The number of halogens is 5. The van der Waals surface area contributed by atoms with E-state index >= 15 is 0 Å². The molecule has 0 unspecified atom stereocenters. The molecule has 0 amide bonds. The zero-order chi connectivity index (χ0) is 12.8. The van der Waals surface area contributed by atoms with Crippen LogP contribution in [-0.4, -0.2) is 38.4 Å². The lowest BCUT2D eigenvalue weighted by atomic mass is 10.3. The number of carbonyl (C=O) groups excluding carboxylic acids is 1. The number of hydrogen-bond donors (Lipinski definition) is 0. The predicted octanol–water partition coefficient (Wildman–Crippen LogP) is 1.70. The molecular weight excluding hydrogens is 243 g/mol. The fourth-order valence-electron chi connectivity index (χ4n) is 0.525. The molecular formula is C7H9F5O4. The van der Waals surface area contributed by atoms with E-state index in [1.54, 1.807) is 0 Å². The summed E-state index contributed by atoms with van der Waals surface area (Å²) in [6.07, 6.45) is -5.82. The molecule has 0 aromatic carbocycles. The summed E-state index contributed by atoms with van der Waals surface area (Å²) < 4.78 is 63.7. The Labute approximate surface area is 87.2 Å². The van der Waals surface area contributed by atoms with E-state index in [0.29, 0.717) is 0 Å². The number of ether oxygens (including phenoxy) is 1. The average molecular weight is 252 g/mol. The summed E-state index contributed by atoms with van der Waals surface area (Å²) in [6, 6.07) is 0. The standard InChI is InChI=1S/C7H9F5O4/c1-14-3-2-4-15-16-5(13)6(8,9)7(10,11)12/h2-4H2,1H3. The SMILES string of the molecule is COCCCOOC(=O)C(F)(F)C(F)(F)F. The van der Waals surface area contributed by atoms with Crippen molar-refractivity contribution in [2.45, 2.75) is 18.5 Å². The minimum Gasteiger partial charge on any atom is -0.385 e. The smallest absolute Gasteiger partial charge is 0.385 e. The lowest BCUT2D eigenvalue weighted by molar-refractivity contribution is -0.327. The molecule has 0 aliphatic carbocycles. The second kappa shape index (κ2) is 5.94. The average Bonchev–Trinajstić information content (AvgIpc) is 2.15. The summed E-state index contributed by atoms with van der Waals surface area (Å²) in [5.41, 5.74) is 0. The Morgan fingerprint density at radius 1 is 1.12 bits per heavy atom. The van der Waals surface area contributed by atoms with Gasteiger partial charge in [0, 0.05) is 13.7 Å². The van der Waals surface area contributed by atoms with Crippen LogP contribution in [0.25, 0.3) is 0 Å². The zero-order valence-corrected chi connectivity index (χ0v) is 8.14. The molecule has 0 spiro atoms. The van der Waals surface area contributed by atoms with Crippen LogP contribution < -0.4 is 0 Å². The summed E-state index contributed by atoms with van der Waals surface area (Å²) >= 11 is 0. The molecule has 0 rings (SSSR count). The molecule has 0 radical (unpaired) electrons. The van der Waals surface area contributed by atoms with E-state index in [-0.39, 0.29) is 19.6 Å². The van der Waals surface area contributed by atoms with Gasteiger partial charge in [-0.3, -0.25) is 4.89 Å². The van der Waals surface area contributed by atoms with Gasteiger partial charge in [0.25, 0.3) is 0 Å². The molecule has 96 valence electrons. The monoisotopic (exact) mass is 252 g/mol. The first kappa shape index (κ1) is 15.0. The van der Waals surface area contributed by atoms with E-state index < -0.39 is 18.1 Å². The van der Waals surface area contributed by atoms with Gasteiger partial charge < -0.3 is 4.74 Å². The lowest BCUT2D eigenvalue weighted by Crippen LogP contribution is -2.45. The third-order valence-corrected chi connectivity index (χ3v) is 1.32. The van der Waals surface area contributed by atoms with Gasteiger partial charge in [-0.2, -0.15) is 26.8 Å². The number of methoxy groups -OCH3 is 1. The van der Waals surface area contributed by atoms with Crippen LogP contribution in [0, 0.1) is 0 Å². The van der Waals surface area contributed by atoms with Gasteiger partial charge in [0.05, 0.1) is 6.61 Å². The van der Waals surface area contributed by atoms with Gasteiger partial charge in [-0.25, -0.2) is 4.79 Å². The summed E-state index contributed by atoms with van der Waals surface area (Å²) in [5.74, 6) is -8.37. The Bertz CT molecular complexity index is 227. The van der Waals surface area contributed by atoms with E-state index in [1.807, 2.05) is 0 Å². The molecule has 0 aromatic rings. The minimum atomic E-state index is -6.00. The second-order valence-electron chi connectivity index (χ2n) is 2.61. The largest absolute Gasteiger partial charge is 0.465 e. The zero-order valence-electron chi connectivity index (χ0n) is 8.14. The van der Waals surface area contributed by atoms with Crippen LogP contribution in [0.4, 0.5) is 22.0 Å². The van der Waals surface area contributed by atoms with Crippen LogP contribution in [0.2, 0.25) is 0 Å². The maximum absolute atomic E-state index is 12.2. The van der Waals surface area contributed by atoms with Crippen LogP contribution >= 0.6 is 0 Å². The predicted molar refractivity (Wildman–Crippen MR) is 39.5 cm³/mol. The number of carbonyl (C=O) groups is 1. The molecule has 9 heteroatoms. The summed E-state index contributed by atoms with van der Waals surface area (Å²) in [7, 11) is 1.35. The molecule has 0 saturated carbocycles. The molecule has 0 heterocycles. The Hall–Kier alpha value is -0.960. The van der Waals surface area contributed by atoms with Crippen molar-refractivity contribution < 1.29 is 41.3 Å². The van der Waals surface area contributed by atoms with Gasteiger partial charge in [0.2, 0.25) is 0 Å². The van der Waals surface area contributed by atoms with Gasteiger partial charge in [-0.15, -0.1) is 0 Å². The van der Waals surface area contributed by atoms with Crippen LogP contribution in [0.15, 0.2) is 0 Å². The molecule has 0 aliphatic rings. The molecule has 0 bridgehead atoms. The van der Waals surface area contributed by atoms with Gasteiger partial charge in [-0.1, -0.05) is 0 Å². The van der Waals surface area contributed by atoms with Crippen molar-refractivity contribution in [3.8, 4) is 0 Å². The summed E-state index contributed by atoms with van der Waals surface area (Å²) in [6.45, 7) is -0.152. The molecule has 0 fully saturated rings. The number of rotatable bonds is 6. The topological polar surface area (TPSA) is 44.8 Å². The van der Waals surface area contributed by atoms with Gasteiger partial charge in [0.15, 0.2) is 0 Å². The molecule has 0 saturated heterocycles. The Kier molecular flexibility index (Phi) is 5.59. The van der Waals surface area contributed by atoms with Gasteiger partial charge in [0.1, 0.15) is 0 Å². The molecule has 4 nitrogen and oxygen atoms in total. The highest BCUT2D eigenvalue weighted by Gasteiger charge is 2.65. The van der Waals surface area contributed by atoms with Crippen LogP contribution in [-0.2, 0) is 19.3 Å². The van der Waals surface area contributed by atoms with Gasteiger partial charge >= 0.3 is 18.1 Å². The van der Waals surface area contributed by atoms with E-state index in [2.05, 4.69) is 14.5 Å². The first-order chi connectivity index (χ1) is 7.23. The highest BCUT2D eigenvalue weighted by Crippen LogP contribution is 2.36. The van der Waals surface area contributed by atoms with Crippen molar-refractivity contribution in [2.75, 3.05) is 20.3 Å². The van der Waals surface area contributed by atoms with Crippen molar-refractivity contribution in [2.24, 2.45) is 0 Å². The van der Waals surface area contributed by atoms with E-state index in [9.17, 15) is 26.7 Å². The quantitative estimate of drug-likeness (QED) is 0.312.